The van der Waals surface area contributed by atoms with Gasteiger partial charge in [-0.2, -0.15) is 0 Å². The lowest BCUT2D eigenvalue weighted by Crippen LogP contribution is -2.28. The molecule has 0 aliphatic heterocycles. The lowest BCUT2D eigenvalue weighted by molar-refractivity contribution is 0.240. The van der Waals surface area contributed by atoms with Gasteiger partial charge in [0.1, 0.15) is 5.82 Å². The van der Waals surface area contributed by atoms with E-state index >= 15 is 0 Å². The Balaban J connectivity index is 2.86. The van der Waals surface area contributed by atoms with Crippen LogP contribution in [0.2, 0.25) is 0 Å². The molecule has 100 valence electrons. The zero-order chi connectivity index (χ0) is 13.7. The lowest BCUT2D eigenvalue weighted by atomic mass is 10.1. The van der Waals surface area contributed by atoms with Crippen LogP contribution in [0.5, 0.6) is 0 Å². The van der Waals surface area contributed by atoms with Crippen molar-refractivity contribution < 1.29 is 9.60 Å². The third-order valence-corrected chi connectivity index (χ3v) is 3.22. The van der Waals surface area contributed by atoms with Crippen molar-refractivity contribution in [1.82, 2.24) is 4.90 Å². The van der Waals surface area contributed by atoms with Crippen molar-refractivity contribution in [1.29, 1.82) is 0 Å². The SMILES string of the molecule is CCC(C)N(C)Cc1ccc(/C(N)=N/O)cc1F. The lowest BCUT2D eigenvalue weighted by Gasteiger charge is -2.23. The number of halogens is 1. The largest absolute Gasteiger partial charge is 0.409 e. The standard InChI is InChI=1S/C13H20FN3O/c1-4-9(2)17(3)8-11-6-5-10(7-12(11)14)13(15)16-18/h5-7,9,18H,4,8H2,1-3H3,(H2,15,16). The average Bonchev–Trinajstić information content (AvgIpc) is 2.38. The van der Waals surface area contributed by atoms with Gasteiger partial charge in [-0.3, -0.25) is 4.90 Å². The summed E-state index contributed by atoms with van der Waals surface area (Å²) in [7, 11) is 1.96. The Kier molecular flexibility index (Phi) is 5.09. The summed E-state index contributed by atoms with van der Waals surface area (Å²) in [6, 6.07) is 5.00. The molecule has 1 aromatic carbocycles. The summed E-state index contributed by atoms with van der Waals surface area (Å²) in [5, 5.41) is 11.4. The molecule has 0 bridgehead atoms. The summed E-state index contributed by atoms with van der Waals surface area (Å²) in [5.74, 6) is -0.426. The number of hydrogen-bond donors (Lipinski definition) is 2. The van der Waals surface area contributed by atoms with E-state index in [1.807, 2.05) is 7.05 Å². The topological polar surface area (TPSA) is 61.8 Å². The van der Waals surface area contributed by atoms with E-state index < -0.39 is 0 Å². The van der Waals surface area contributed by atoms with E-state index in [4.69, 9.17) is 10.9 Å². The van der Waals surface area contributed by atoms with E-state index in [0.717, 1.165) is 6.42 Å². The molecule has 0 amide bonds. The van der Waals surface area contributed by atoms with Crippen molar-refractivity contribution in [3.8, 4) is 0 Å². The van der Waals surface area contributed by atoms with E-state index in [2.05, 4.69) is 23.9 Å². The highest BCUT2D eigenvalue weighted by Gasteiger charge is 2.11. The van der Waals surface area contributed by atoms with Crippen LogP contribution in [-0.4, -0.2) is 29.0 Å². The van der Waals surface area contributed by atoms with Gasteiger partial charge in [0.15, 0.2) is 5.84 Å². The number of nitrogens with zero attached hydrogens (tertiary/aromatic N) is 2. The van der Waals surface area contributed by atoms with Crippen LogP contribution in [0, 0.1) is 5.82 Å². The Labute approximate surface area is 107 Å². The monoisotopic (exact) mass is 253 g/mol. The van der Waals surface area contributed by atoms with Crippen LogP contribution in [-0.2, 0) is 6.54 Å². The first kappa shape index (κ1) is 14.4. The Morgan fingerprint density at radius 1 is 1.56 bits per heavy atom. The predicted octanol–water partition coefficient (Wildman–Crippen LogP) is 2.15. The Morgan fingerprint density at radius 3 is 2.72 bits per heavy atom. The molecule has 0 saturated carbocycles. The van der Waals surface area contributed by atoms with Gasteiger partial charge in [-0.25, -0.2) is 4.39 Å². The fourth-order valence-corrected chi connectivity index (χ4v) is 1.63. The maximum absolute atomic E-state index is 13.9. The molecule has 18 heavy (non-hydrogen) atoms. The number of benzene rings is 1. The molecule has 0 heterocycles. The summed E-state index contributed by atoms with van der Waals surface area (Å²) < 4.78 is 13.9. The average molecular weight is 253 g/mol. The van der Waals surface area contributed by atoms with Gasteiger partial charge in [0.05, 0.1) is 0 Å². The van der Waals surface area contributed by atoms with Crippen LogP contribution < -0.4 is 5.73 Å². The zero-order valence-electron chi connectivity index (χ0n) is 11.0. The first-order valence-electron chi connectivity index (χ1n) is 5.96. The first-order valence-corrected chi connectivity index (χ1v) is 5.96. The minimum absolute atomic E-state index is 0.0873. The highest BCUT2D eigenvalue weighted by Crippen LogP contribution is 2.14. The Morgan fingerprint density at radius 2 is 2.22 bits per heavy atom. The fourth-order valence-electron chi connectivity index (χ4n) is 1.63. The van der Waals surface area contributed by atoms with Crippen molar-refractivity contribution in [2.75, 3.05) is 7.05 Å². The van der Waals surface area contributed by atoms with Crippen LogP contribution in [0.1, 0.15) is 31.4 Å². The van der Waals surface area contributed by atoms with E-state index in [0.29, 0.717) is 23.7 Å². The third-order valence-electron chi connectivity index (χ3n) is 3.22. The highest BCUT2D eigenvalue weighted by atomic mass is 19.1. The highest BCUT2D eigenvalue weighted by molar-refractivity contribution is 5.97. The fraction of sp³-hybridized carbons (Fsp3) is 0.462. The molecular weight excluding hydrogens is 233 g/mol. The molecule has 0 aliphatic rings. The van der Waals surface area contributed by atoms with Gasteiger partial charge in [-0.15, -0.1) is 0 Å². The van der Waals surface area contributed by atoms with E-state index in [-0.39, 0.29) is 11.7 Å². The van der Waals surface area contributed by atoms with Crippen molar-refractivity contribution in [3.05, 3.63) is 35.1 Å². The van der Waals surface area contributed by atoms with E-state index in [1.165, 1.54) is 6.07 Å². The molecule has 1 rings (SSSR count). The molecule has 0 saturated heterocycles. The van der Waals surface area contributed by atoms with Crippen molar-refractivity contribution in [2.45, 2.75) is 32.9 Å². The molecule has 0 aromatic heterocycles. The van der Waals surface area contributed by atoms with Crippen LogP contribution >= 0.6 is 0 Å². The number of rotatable bonds is 5. The molecule has 4 nitrogen and oxygen atoms in total. The van der Waals surface area contributed by atoms with Gasteiger partial charge >= 0.3 is 0 Å². The molecule has 0 radical (unpaired) electrons. The summed E-state index contributed by atoms with van der Waals surface area (Å²) in [6.07, 6.45) is 1.01. The summed E-state index contributed by atoms with van der Waals surface area (Å²) in [6.45, 7) is 4.74. The number of amidine groups is 1. The summed E-state index contributed by atoms with van der Waals surface area (Å²) >= 11 is 0. The number of nitrogens with two attached hydrogens (primary N) is 1. The summed E-state index contributed by atoms with van der Waals surface area (Å²) in [4.78, 5) is 2.08. The van der Waals surface area contributed by atoms with Crippen LogP contribution in [0.15, 0.2) is 23.4 Å². The van der Waals surface area contributed by atoms with Crippen LogP contribution in [0.25, 0.3) is 0 Å². The minimum Gasteiger partial charge on any atom is -0.409 e. The van der Waals surface area contributed by atoms with Gasteiger partial charge in [0.2, 0.25) is 0 Å². The van der Waals surface area contributed by atoms with Gasteiger partial charge < -0.3 is 10.9 Å². The van der Waals surface area contributed by atoms with Crippen molar-refractivity contribution in [3.63, 3.8) is 0 Å². The van der Waals surface area contributed by atoms with Crippen LogP contribution in [0.4, 0.5) is 4.39 Å². The maximum Gasteiger partial charge on any atom is 0.170 e. The molecule has 1 atom stereocenters. The molecule has 0 aliphatic carbocycles. The quantitative estimate of drug-likeness (QED) is 0.366. The van der Waals surface area contributed by atoms with Crippen molar-refractivity contribution >= 4 is 5.84 Å². The molecule has 3 N–H and O–H groups in total. The van der Waals surface area contributed by atoms with Gasteiger partial charge in [-0.1, -0.05) is 24.2 Å². The predicted molar refractivity (Wildman–Crippen MR) is 70.1 cm³/mol. The van der Waals surface area contributed by atoms with Crippen LogP contribution in [0.3, 0.4) is 0 Å². The molecule has 0 spiro atoms. The van der Waals surface area contributed by atoms with E-state index in [1.54, 1.807) is 12.1 Å². The molecule has 1 unspecified atom stereocenters. The normalized spacial score (nSPS) is 13.9. The second kappa shape index (κ2) is 6.35. The van der Waals surface area contributed by atoms with Gasteiger partial charge in [0.25, 0.3) is 0 Å². The summed E-state index contributed by atoms with van der Waals surface area (Å²) in [5.41, 5.74) is 6.39. The molecular formula is C13H20FN3O. The van der Waals surface area contributed by atoms with E-state index in [9.17, 15) is 4.39 Å². The van der Waals surface area contributed by atoms with Crippen molar-refractivity contribution in [2.24, 2.45) is 10.9 Å². The zero-order valence-corrected chi connectivity index (χ0v) is 11.0. The Hall–Kier alpha value is -1.62. The number of oxime groups is 1. The smallest absolute Gasteiger partial charge is 0.170 e. The molecule has 1 aromatic rings. The third kappa shape index (κ3) is 3.43. The molecule has 5 heteroatoms. The second-order valence-electron chi connectivity index (χ2n) is 4.46. The van der Waals surface area contributed by atoms with Gasteiger partial charge in [0, 0.05) is 23.7 Å². The molecule has 0 fully saturated rings. The first-order chi connectivity index (χ1) is 8.49. The van der Waals surface area contributed by atoms with Gasteiger partial charge in [-0.05, 0) is 26.5 Å². The maximum atomic E-state index is 13.9. The minimum atomic E-state index is -0.339. The second-order valence-corrected chi connectivity index (χ2v) is 4.46. The number of hydrogen-bond acceptors (Lipinski definition) is 3. The Bertz CT molecular complexity index is 434.